The summed E-state index contributed by atoms with van der Waals surface area (Å²) in [6.07, 6.45) is 6.99. The zero-order valence-corrected chi connectivity index (χ0v) is 16.7. The lowest BCUT2D eigenvalue weighted by molar-refractivity contribution is 0.0971. The van der Waals surface area contributed by atoms with Gasteiger partial charge in [0.2, 0.25) is 0 Å². The standard InChI is InChI=1S/C18H25BrN2O2S/c1-3-11-23-16-10-9-13(12-15(16)19)17(22)20-18(24)21(2)14-7-5-4-6-8-14/h9-10,12,14H,3-8,11H2,1-2H3,(H,20,22,24). The molecule has 24 heavy (non-hydrogen) atoms. The average molecular weight is 413 g/mol. The van der Waals surface area contributed by atoms with Crippen molar-refractivity contribution in [2.24, 2.45) is 0 Å². The van der Waals surface area contributed by atoms with Gasteiger partial charge in [-0.05, 0) is 65.6 Å². The smallest absolute Gasteiger partial charge is 0.257 e. The Hall–Kier alpha value is -1.14. The largest absolute Gasteiger partial charge is 0.492 e. The molecule has 1 aromatic rings. The number of nitrogens with one attached hydrogen (secondary N) is 1. The number of carbonyl (C=O) groups excluding carboxylic acids is 1. The van der Waals surface area contributed by atoms with Crippen molar-refractivity contribution in [3.8, 4) is 5.75 Å². The number of hydrogen-bond acceptors (Lipinski definition) is 3. The van der Waals surface area contributed by atoms with Crippen molar-refractivity contribution in [2.45, 2.75) is 51.5 Å². The molecule has 0 aromatic heterocycles. The highest BCUT2D eigenvalue weighted by molar-refractivity contribution is 9.10. The number of carbonyl (C=O) groups is 1. The maximum absolute atomic E-state index is 12.4. The van der Waals surface area contributed by atoms with E-state index in [0.717, 1.165) is 29.5 Å². The van der Waals surface area contributed by atoms with Gasteiger partial charge in [-0.25, -0.2) is 0 Å². The van der Waals surface area contributed by atoms with Crippen molar-refractivity contribution in [3.63, 3.8) is 0 Å². The molecule has 0 unspecified atom stereocenters. The second-order valence-corrected chi connectivity index (χ2v) is 7.40. The Bertz CT molecular complexity index is 588. The van der Waals surface area contributed by atoms with E-state index in [2.05, 4.69) is 28.2 Å². The molecule has 0 bridgehead atoms. The minimum atomic E-state index is -0.189. The molecular weight excluding hydrogens is 388 g/mol. The van der Waals surface area contributed by atoms with Crippen LogP contribution in [-0.4, -0.2) is 35.6 Å². The number of halogens is 1. The average Bonchev–Trinajstić information content (AvgIpc) is 2.60. The molecule has 0 atom stereocenters. The first kappa shape index (κ1) is 19.2. The molecule has 2 rings (SSSR count). The van der Waals surface area contributed by atoms with Gasteiger partial charge in [0.1, 0.15) is 5.75 Å². The van der Waals surface area contributed by atoms with E-state index in [1.807, 2.05) is 18.0 Å². The van der Waals surface area contributed by atoms with Crippen LogP contribution in [0.3, 0.4) is 0 Å². The Morgan fingerprint density at radius 2 is 2.08 bits per heavy atom. The summed E-state index contributed by atoms with van der Waals surface area (Å²) >= 11 is 8.86. The molecule has 0 spiro atoms. The highest BCUT2D eigenvalue weighted by Crippen LogP contribution is 2.26. The van der Waals surface area contributed by atoms with Crippen LogP contribution in [0.2, 0.25) is 0 Å². The number of amides is 1. The molecule has 1 aliphatic rings. The zero-order chi connectivity index (χ0) is 17.5. The van der Waals surface area contributed by atoms with Gasteiger partial charge in [0.25, 0.3) is 5.91 Å². The number of rotatable bonds is 5. The van der Waals surface area contributed by atoms with Crippen LogP contribution in [0.1, 0.15) is 55.8 Å². The van der Waals surface area contributed by atoms with Gasteiger partial charge in [-0.1, -0.05) is 26.2 Å². The number of hydrogen-bond donors (Lipinski definition) is 1. The summed E-state index contributed by atoms with van der Waals surface area (Å²) in [5, 5.41) is 3.33. The van der Waals surface area contributed by atoms with Gasteiger partial charge in [0.15, 0.2) is 5.11 Å². The summed E-state index contributed by atoms with van der Waals surface area (Å²) in [5.74, 6) is 0.556. The van der Waals surface area contributed by atoms with E-state index in [4.69, 9.17) is 17.0 Å². The van der Waals surface area contributed by atoms with Crippen LogP contribution in [0, 0.1) is 0 Å². The predicted octanol–water partition coefficient (Wildman–Crippen LogP) is 4.52. The van der Waals surface area contributed by atoms with Crippen molar-refractivity contribution in [1.29, 1.82) is 0 Å². The summed E-state index contributed by atoms with van der Waals surface area (Å²) in [7, 11) is 1.97. The Kier molecular flexibility index (Phi) is 7.49. The van der Waals surface area contributed by atoms with Crippen molar-refractivity contribution in [2.75, 3.05) is 13.7 Å². The van der Waals surface area contributed by atoms with E-state index in [9.17, 15) is 4.79 Å². The van der Waals surface area contributed by atoms with Crippen LogP contribution >= 0.6 is 28.1 Å². The van der Waals surface area contributed by atoms with Gasteiger partial charge in [-0.15, -0.1) is 0 Å². The fourth-order valence-electron chi connectivity index (χ4n) is 2.86. The zero-order valence-electron chi connectivity index (χ0n) is 14.3. The summed E-state index contributed by atoms with van der Waals surface area (Å²) in [5.41, 5.74) is 0.560. The lowest BCUT2D eigenvalue weighted by atomic mass is 9.95. The number of benzene rings is 1. The maximum atomic E-state index is 12.4. The first-order chi connectivity index (χ1) is 11.5. The third kappa shape index (κ3) is 5.18. The van der Waals surface area contributed by atoms with Gasteiger partial charge < -0.3 is 9.64 Å². The molecule has 1 saturated carbocycles. The van der Waals surface area contributed by atoms with Gasteiger partial charge in [0.05, 0.1) is 11.1 Å². The van der Waals surface area contributed by atoms with Gasteiger partial charge in [0, 0.05) is 18.7 Å². The Balaban J connectivity index is 1.95. The molecule has 1 amide bonds. The monoisotopic (exact) mass is 412 g/mol. The molecule has 1 aliphatic carbocycles. The molecule has 0 saturated heterocycles. The minimum absolute atomic E-state index is 0.189. The first-order valence-corrected chi connectivity index (χ1v) is 9.73. The lowest BCUT2D eigenvalue weighted by Crippen LogP contribution is -2.46. The quantitative estimate of drug-likeness (QED) is 0.721. The number of thiocarbonyl (C=S) groups is 1. The van der Waals surface area contributed by atoms with Crippen LogP contribution in [-0.2, 0) is 0 Å². The highest BCUT2D eigenvalue weighted by Gasteiger charge is 2.21. The highest BCUT2D eigenvalue weighted by atomic mass is 79.9. The molecule has 1 N–H and O–H groups in total. The fraction of sp³-hybridized carbons (Fsp3) is 0.556. The normalized spacial score (nSPS) is 15.0. The first-order valence-electron chi connectivity index (χ1n) is 8.53. The molecular formula is C18H25BrN2O2S. The number of ether oxygens (including phenoxy) is 1. The van der Waals surface area contributed by atoms with Crippen LogP contribution in [0.5, 0.6) is 5.75 Å². The molecule has 0 aliphatic heterocycles. The molecule has 0 radical (unpaired) electrons. The molecule has 0 heterocycles. The van der Waals surface area contributed by atoms with Crippen LogP contribution in [0.25, 0.3) is 0 Å². The van der Waals surface area contributed by atoms with Crippen molar-refractivity contribution in [3.05, 3.63) is 28.2 Å². The Morgan fingerprint density at radius 3 is 2.71 bits per heavy atom. The second kappa shape index (κ2) is 9.37. The van der Waals surface area contributed by atoms with Crippen molar-refractivity contribution in [1.82, 2.24) is 10.2 Å². The second-order valence-electron chi connectivity index (χ2n) is 6.16. The topological polar surface area (TPSA) is 41.6 Å². The molecule has 1 fully saturated rings. The predicted molar refractivity (Wildman–Crippen MR) is 105 cm³/mol. The van der Waals surface area contributed by atoms with E-state index in [-0.39, 0.29) is 5.91 Å². The van der Waals surface area contributed by atoms with Gasteiger partial charge >= 0.3 is 0 Å². The molecule has 4 nitrogen and oxygen atoms in total. The van der Waals surface area contributed by atoms with E-state index in [0.29, 0.717) is 23.3 Å². The Labute approximate surface area is 158 Å². The van der Waals surface area contributed by atoms with E-state index in [1.165, 1.54) is 19.3 Å². The number of nitrogens with zero attached hydrogens (tertiary/aromatic N) is 1. The fourth-order valence-corrected chi connectivity index (χ4v) is 3.60. The van der Waals surface area contributed by atoms with Crippen LogP contribution < -0.4 is 10.1 Å². The van der Waals surface area contributed by atoms with Crippen LogP contribution in [0.4, 0.5) is 0 Å². The van der Waals surface area contributed by atoms with Crippen molar-refractivity contribution < 1.29 is 9.53 Å². The summed E-state index contributed by atoms with van der Waals surface area (Å²) in [4.78, 5) is 14.5. The maximum Gasteiger partial charge on any atom is 0.257 e. The van der Waals surface area contributed by atoms with Gasteiger partial charge in [-0.2, -0.15) is 0 Å². The van der Waals surface area contributed by atoms with E-state index < -0.39 is 0 Å². The third-order valence-electron chi connectivity index (χ3n) is 4.32. The molecule has 1 aromatic carbocycles. The summed E-state index contributed by atoms with van der Waals surface area (Å²) in [6, 6.07) is 5.77. The lowest BCUT2D eigenvalue weighted by Gasteiger charge is -2.32. The summed E-state index contributed by atoms with van der Waals surface area (Å²) in [6.45, 7) is 2.71. The van der Waals surface area contributed by atoms with Crippen molar-refractivity contribution >= 4 is 39.2 Å². The van der Waals surface area contributed by atoms with Gasteiger partial charge in [-0.3, -0.25) is 10.1 Å². The van der Waals surface area contributed by atoms with Crippen LogP contribution in [0.15, 0.2) is 22.7 Å². The summed E-state index contributed by atoms with van der Waals surface area (Å²) < 4.78 is 6.38. The third-order valence-corrected chi connectivity index (χ3v) is 5.33. The molecule has 132 valence electrons. The van der Waals surface area contributed by atoms with E-state index >= 15 is 0 Å². The minimum Gasteiger partial charge on any atom is -0.492 e. The SMILES string of the molecule is CCCOc1ccc(C(=O)NC(=S)N(C)C2CCCCC2)cc1Br. The molecule has 6 heteroatoms. The Morgan fingerprint density at radius 1 is 1.38 bits per heavy atom. The van der Waals surface area contributed by atoms with E-state index in [1.54, 1.807) is 12.1 Å².